The van der Waals surface area contributed by atoms with Crippen LogP contribution >= 0.6 is 23.2 Å². The van der Waals surface area contributed by atoms with E-state index in [0.29, 0.717) is 22.7 Å². The highest BCUT2D eigenvalue weighted by molar-refractivity contribution is 6.38. The summed E-state index contributed by atoms with van der Waals surface area (Å²) in [6, 6.07) is 10.1. The third kappa shape index (κ3) is 1.89. The maximum absolute atomic E-state index is 12.7. The molecule has 1 amide bonds. The lowest BCUT2D eigenvalue weighted by Gasteiger charge is -2.26. The molecule has 1 aliphatic heterocycles. The van der Waals surface area contributed by atoms with E-state index in [1.165, 1.54) is 12.1 Å². The van der Waals surface area contributed by atoms with Crippen LogP contribution in [0.15, 0.2) is 36.4 Å². The fourth-order valence-electron chi connectivity index (χ4n) is 3.45. The lowest BCUT2D eigenvalue weighted by atomic mass is 9.80. The van der Waals surface area contributed by atoms with E-state index in [2.05, 4.69) is 5.32 Å². The van der Waals surface area contributed by atoms with Crippen molar-refractivity contribution >= 4 is 40.6 Å². The van der Waals surface area contributed by atoms with E-state index in [0.717, 1.165) is 5.56 Å². The SMILES string of the molecule is O=C1c2ccccc2C[C@H]1[C@@]1(O)C(=O)Nc2c(Cl)cc(Cl)cc21. The van der Waals surface area contributed by atoms with Crippen LogP contribution in [0.4, 0.5) is 5.69 Å². The molecule has 0 saturated carbocycles. The summed E-state index contributed by atoms with van der Waals surface area (Å²) in [5, 5.41) is 14.3. The monoisotopic (exact) mass is 347 g/mol. The summed E-state index contributed by atoms with van der Waals surface area (Å²) in [6.07, 6.45) is 0.294. The molecular formula is C17H11Cl2NO3. The topological polar surface area (TPSA) is 66.4 Å². The van der Waals surface area contributed by atoms with Gasteiger partial charge < -0.3 is 10.4 Å². The minimum atomic E-state index is -1.97. The second-order valence-electron chi connectivity index (χ2n) is 5.81. The fraction of sp³-hybridized carbons (Fsp3) is 0.176. The quantitative estimate of drug-likeness (QED) is 0.832. The van der Waals surface area contributed by atoms with Crippen molar-refractivity contribution in [1.29, 1.82) is 0 Å². The van der Waals surface area contributed by atoms with Gasteiger partial charge in [-0.3, -0.25) is 9.59 Å². The molecule has 1 heterocycles. The number of amides is 1. The third-order valence-corrected chi connectivity index (χ3v) is 5.09. The Hall–Kier alpha value is -1.88. The molecule has 0 radical (unpaired) electrons. The summed E-state index contributed by atoms with van der Waals surface area (Å²) >= 11 is 12.1. The molecule has 0 unspecified atom stereocenters. The van der Waals surface area contributed by atoms with Crippen LogP contribution < -0.4 is 5.32 Å². The number of benzene rings is 2. The number of carbonyl (C=O) groups is 2. The predicted octanol–water partition coefficient (Wildman–Crippen LogP) is 3.19. The molecule has 2 aromatic rings. The summed E-state index contributed by atoms with van der Waals surface area (Å²) in [4.78, 5) is 25.2. The maximum atomic E-state index is 12.7. The van der Waals surface area contributed by atoms with Crippen LogP contribution in [-0.2, 0) is 16.8 Å². The summed E-state index contributed by atoms with van der Waals surface area (Å²) in [5.41, 5.74) is -0.0379. The molecule has 2 atom stereocenters. The van der Waals surface area contributed by atoms with Crippen molar-refractivity contribution in [2.45, 2.75) is 12.0 Å². The minimum Gasteiger partial charge on any atom is -0.375 e. The Morgan fingerprint density at radius 1 is 1.17 bits per heavy atom. The Balaban J connectivity index is 1.88. The molecular weight excluding hydrogens is 337 g/mol. The Morgan fingerprint density at radius 3 is 2.65 bits per heavy atom. The number of hydrogen-bond donors (Lipinski definition) is 2. The number of hydrogen-bond acceptors (Lipinski definition) is 3. The lowest BCUT2D eigenvalue weighted by Crippen LogP contribution is -2.44. The first-order chi connectivity index (χ1) is 10.9. The van der Waals surface area contributed by atoms with Gasteiger partial charge in [-0.05, 0) is 24.1 Å². The Labute approximate surface area is 142 Å². The number of aliphatic hydroxyl groups is 1. The van der Waals surface area contributed by atoms with Crippen molar-refractivity contribution in [3.63, 3.8) is 0 Å². The molecule has 23 heavy (non-hydrogen) atoms. The van der Waals surface area contributed by atoms with Crippen LogP contribution in [0.2, 0.25) is 10.0 Å². The van der Waals surface area contributed by atoms with Crippen molar-refractivity contribution in [2.75, 3.05) is 5.32 Å². The van der Waals surface area contributed by atoms with Crippen LogP contribution in [0.25, 0.3) is 0 Å². The van der Waals surface area contributed by atoms with Gasteiger partial charge in [0.2, 0.25) is 0 Å². The standard InChI is InChI=1S/C17H11Cl2NO3/c18-9-6-11-14(13(19)7-9)20-16(22)17(11,23)12-5-8-3-1-2-4-10(8)15(12)21/h1-4,6-7,12,23H,5H2,(H,20,22)/t12-,17-/m1/s1. The van der Waals surface area contributed by atoms with Crippen molar-refractivity contribution < 1.29 is 14.7 Å². The van der Waals surface area contributed by atoms with Crippen LogP contribution in [-0.4, -0.2) is 16.8 Å². The number of rotatable bonds is 1. The zero-order chi connectivity index (χ0) is 16.4. The number of nitrogens with one attached hydrogen (secondary N) is 1. The molecule has 116 valence electrons. The minimum absolute atomic E-state index is 0.236. The zero-order valence-corrected chi connectivity index (χ0v) is 13.3. The van der Waals surface area contributed by atoms with Crippen molar-refractivity contribution in [1.82, 2.24) is 0 Å². The van der Waals surface area contributed by atoms with Crippen LogP contribution in [0.5, 0.6) is 0 Å². The molecule has 4 nitrogen and oxygen atoms in total. The number of ketones is 1. The van der Waals surface area contributed by atoms with Gasteiger partial charge in [0.25, 0.3) is 5.91 Å². The second-order valence-corrected chi connectivity index (χ2v) is 6.65. The molecule has 2 aliphatic rings. The molecule has 1 aliphatic carbocycles. The van der Waals surface area contributed by atoms with E-state index >= 15 is 0 Å². The molecule has 0 aromatic heterocycles. The van der Waals surface area contributed by atoms with Crippen molar-refractivity contribution in [3.8, 4) is 0 Å². The van der Waals surface area contributed by atoms with E-state index in [4.69, 9.17) is 23.2 Å². The van der Waals surface area contributed by atoms with E-state index in [9.17, 15) is 14.7 Å². The molecule has 4 rings (SSSR count). The van der Waals surface area contributed by atoms with Gasteiger partial charge in [-0.2, -0.15) is 0 Å². The maximum Gasteiger partial charge on any atom is 0.261 e. The van der Waals surface area contributed by atoms with E-state index in [-0.39, 0.29) is 16.4 Å². The summed E-state index contributed by atoms with van der Waals surface area (Å²) < 4.78 is 0. The molecule has 6 heteroatoms. The van der Waals surface area contributed by atoms with Gasteiger partial charge in [-0.25, -0.2) is 0 Å². The van der Waals surface area contributed by atoms with E-state index in [1.54, 1.807) is 12.1 Å². The Bertz CT molecular complexity index is 880. The number of Topliss-reactive ketones (excluding diaryl/α,β-unsaturated/α-hetero) is 1. The molecule has 2 N–H and O–H groups in total. The largest absolute Gasteiger partial charge is 0.375 e. The zero-order valence-electron chi connectivity index (χ0n) is 11.8. The lowest BCUT2D eigenvalue weighted by molar-refractivity contribution is -0.137. The van der Waals surface area contributed by atoms with Gasteiger partial charge in [-0.15, -0.1) is 0 Å². The van der Waals surface area contributed by atoms with Gasteiger partial charge in [0.15, 0.2) is 11.4 Å². The van der Waals surface area contributed by atoms with E-state index in [1.807, 2.05) is 12.1 Å². The molecule has 2 aromatic carbocycles. The number of halogens is 2. The molecule has 0 fully saturated rings. The second kappa shape index (κ2) is 4.81. The number of carbonyl (C=O) groups excluding carboxylic acids is 2. The Kier molecular flexibility index (Phi) is 3.07. The van der Waals surface area contributed by atoms with Gasteiger partial charge >= 0.3 is 0 Å². The van der Waals surface area contributed by atoms with Gasteiger partial charge in [0.05, 0.1) is 16.6 Å². The first-order valence-electron chi connectivity index (χ1n) is 7.08. The van der Waals surface area contributed by atoms with Gasteiger partial charge in [-0.1, -0.05) is 47.5 Å². The first-order valence-corrected chi connectivity index (χ1v) is 7.84. The number of fused-ring (bicyclic) bond motifs is 2. The highest BCUT2D eigenvalue weighted by atomic mass is 35.5. The van der Waals surface area contributed by atoms with Crippen molar-refractivity contribution in [3.05, 3.63) is 63.1 Å². The average molecular weight is 348 g/mol. The van der Waals surface area contributed by atoms with Crippen LogP contribution in [0, 0.1) is 5.92 Å². The van der Waals surface area contributed by atoms with Crippen molar-refractivity contribution in [2.24, 2.45) is 5.92 Å². The van der Waals surface area contributed by atoms with Gasteiger partial charge in [0.1, 0.15) is 0 Å². The molecule has 0 spiro atoms. The van der Waals surface area contributed by atoms with Gasteiger partial charge in [0, 0.05) is 16.1 Å². The van der Waals surface area contributed by atoms with E-state index < -0.39 is 17.4 Å². The highest BCUT2D eigenvalue weighted by Crippen LogP contribution is 2.49. The number of anilines is 1. The van der Waals surface area contributed by atoms with Crippen LogP contribution in [0.3, 0.4) is 0 Å². The summed E-state index contributed by atoms with van der Waals surface area (Å²) in [5.74, 6) is -1.79. The third-order valence-electron chi connectivity index (χ3n) is 4.58. The first kappa shape index (κ1) is 14.7. The summed E-state index contributed by atoms with van der Waals surface area (Å²) in [7, 11) is 0. The fourth-order valence-corrected chi connectivity index (χ4v) is 4.00. The smallest absolute Gasteiger partial charge is 0.261 e. The normalized spacial score (nSPS) is 25.3. The van der Waals surface area contributed by atoms with Crippen LogP contribution in [0.1, 0.15) is 21.5 Å². The highest BCUT2D eigenvalue weighted by Gasteiger charge is 2.56. The molecule has 0 bridgehead atoms. The molecule has 0 saturated heterocycles. The Morgan fingerprint density at radius 2 is 1.91 bits per heavy atom. The predicted molar refractivity (Wildman–Crippen MR) is 87.0 cm³/mol. The average Bonchev–Trinajstić information content (AvgIpc) is 2.98. The summed E-state index contributed by atoms with van der Waals surface area (Å²) in [6.45, 7) is 0.